The Morgan fingerprint density at radius 2 is 1.88 bits per heavy atom. The van der Waals surface area contributed by atoms with E-state index in [-0.39, 0.29) is 11.8 Å². The number of aryl methyl sites for hydroxylation is 1. The molecule has 6 heteroatoms. The number of carbonyl (C=O) groups is 2. The second kappa shape index (κ2) is 11.3. The Morgan fingerprint density at radius 3 is 2.62 bits per heavy atom. The van der Waals surface area contributed by atoms with Crippen LogP contribution in [-0.4, -0.2) is 34.8 Å². The van der Waals surface area contributed by atoms with Crippen LogP contribution in [0.2, 0.25) is 0 Å². The lowest BCUT2D eigenvalue weighted by molar-refractivity contribution is -0.132. The number of anilines is 1. The molecule has 0 saturated carbocycles. The number of aromatic nitrogens is 1. The van der Waals surface area contributed by atoms with Crippen LogP contribution in [-0.2, 0) is 4.79 Å². The van der Waals surface area contributed by atoms with E-state index in [2.05, 4.69) is 48.1 Å². The zero-order valence-electron chi connectivity index (χ0n) is 19.6. The van der Waals surface area contributed by atoms with Crippen LogP contribution in [0.1, 0.15) is 59.1 Å². The minimum Gasteiger partial charge on any atom is -0.343 e. The van der Waals surface area contributed by atoms with Crippen LogP contribution in [0.25, 0.3) is 11.1 Å². The van der Waals surface area contributed by atoms with Crippen molar-refractivity contribution in [2.24, 2.45) is 0 Å². The third-order valence-corrected chi connectivity index (χ3v) is 7.30. The molecule has 1 fully saturated rings. The van der Waals surface area contributed by atoms with Crippen LogP contribution in [0, 0.1) is 6.92 Å². The number of carbonyl (C=O) groups excluding carboxylic acids is 2. The molecule has 0 bridgehead atoms. The fraction of sp³-hybridized carbons (Fsp3) is 0.321. The van der Waals surface area contributed by atoms with Crippen molar-refractivity contribution in [2.75, 3.05) is 18.4 Å². The molecular weight excluding hydrogens is 442 g/mol. The number of allylic oxidation sites excluding steroid dienone is 1. The molecular formula is C28H31N3O2S. The first-order chi connectivity index (χ1) is 16.5. The number of likely N-dealkylation sites (tertiary alicyclic amines) is 1. The van der Waals surface area contributed by atoms with Gasteiger partial charge in [0.05, 0.1) is 5.01 Å². The molecule has 0 unspecified atom stereocenters. The summed E-state index contributed by atoms with van der Waals surface area (Å²) in [5.41, 5.74) is 4.46. The van der Waals surface area contributed by atoms with E-state index >= 15 is 0 Å². The lowest BCUT2D eigenvalue weighted by Gasteiger charge is -2.31. The van der Waals surface area contributed by atoms with Gasteiger partial charge in [0.2, 0.25) is 5.91 Å². The maximum Gasteiger partial charge on any atom is 0.275 e. The summed E-state index contributed by atoms with van der Waals surface area (Å²) >= 11 is 1.54. The van der Waals surface area contributed by atoms with Crippen molar-refractivity contribution in [3.8, 4) is 11.1 Å². The molecule has 2 amide bonds. The topological polar surface area (TPSA) is 62.3 Å². The number of hydrogen-bond acceptors (Lipinski definition) is 4. The molecule has 0 atom stereocenters. The first-order valence-electron chi connectivity index (χ1n) is 11.9. The number of amides is 2. The van der Waals surface area contributed by atoms with Crippen LogP contribution in [0.4, 0.5) is 5.69 Å². The molecule has 1 aliphatic rings. The summed E-state index contributed by atoms with van der Waals surface area (Å²) in [5.74, 6) is 0.326. The molecule has 1 N–H and O–H groups in total. The predicted molar refractivity (Wildman–Crippen MR) is 139 cm³/mol. The quantitative estimate of drug-likeness (QED) is 0.303. The maximum absolute atomic E-state index is 13.0. The fourth-order valence-electron chi connectivity index (χ4n) is 4.27. The first kappa shape index (κ1) is 23.9. The average Bonchev–Trinajstić information content (AvgIpc) is 3.36. The summed E-state index contributed by atoms with van der Waals surface area (Å²) < 4.78 is 0. The van der Waals surface area contributed by atoms with Gasteiger partial charge in [-0.1, -0.05) is 54.1 Å². The number of nitrogens with zero attached hydrogens (tertiary/aromatic N) is 2. The van der Waals surface area contributed by atoms with E-state index in [4.69, 9.17) is 0 Å². The highest BCUT2D eigenvalue weighted by molar-refractivity contribution is 7.10. The molecule has 176 valence electrons. The van der Waals surface area contributed by atoms with Gasteiger partial charge in [-0.15, -0.1) is 17.9 Å². The number of nitrogens with one attached hydrogen (secondary N) is 1. The largest absolute Gasteiger partial charge is 0.343 e. The van der Waals surface area contributed by atoms with Crippen molar-refractivity contribution >= 4 is 28.8 Å². The lowest BCUT2D eigenvalue weighted by atomic mass is 9.97. The van der Waals surface area contributed by atoms with Crippen molar-refractivity contribution in [3.63, 3.8) is 0 Å². The molecule has 5 nitrogen and oxygen atoms in total. The Balaban J connectivity index is 1.37. The van der Waals surface area contributed by atoms with Crippen LogP contribution in [0.15, 0.2) is 66.6 Å². The Bertz CT molecular complexity index is 1140. The summed E-state index contributed by atoms with van der Waals surface area (Å²) in [6.45, 7) is 7.28. The SMILES string of the molecule is C=CCCCC(=O)N1CCC(c2nc(C(=O)Nc3ccccc3-c3ccc(C)cc3)cs2)CC1. The molecule has 2 heterocycles. The predicted octanol–water partition coefficient (Wildman–Crippen LogP) is 6.43. The lowest BCUT2D eigenvalue weighted by Crippen LogP contribution is -2.37. The van der Waals surface area contributed by atoms with Crippen molar-refractivity contribution in [3.05, 3.63) is 82.8 Å². The fourth-order valence-corrected chi connectivity index (χ4v) is 5.25. The number of hydrogen-bond donors (Lipinski definition) is 1. The van der Waals surface area contributed by atoms with Crippen molar-refractivity contribution < 1.29 is 9.59 Å². The van der Waals surface area contributed by atoms with E-state index in [9.17, 15) is 9.59 Å². The molecule has 0 radical (unpaired) electrons. The third kappa shape index (κ3) is 5.81. The molecule has 3 aromatic rings. The monoisotopic (exact) mass is 473 g/mol. The van der Waals surface area contributed by atoms with Gasteiger partial charge in [0.1, 0.15) is 5.69 Å². The van der Waals surface area contributed by atoms with Gasteiger partial charge in [-0.2, -0.15) is 0 Å². The van der Waals surface area contributed by atoms with E-state index < -0.39 is 0 Å². The zero-order valence-corrected chi connectivity index (χ0v) is 20.4. The highest BCUT2D eigenvalue weighted by Gasteiger charge is 2.26. The molecule has 0 aliphatic carbocycles. The molecule has 1 aromatic heterocycles. The molecule has 2 aromatic carbocycles. The zero-order chi connectivity index (χ0) is 23.9. The van der Waals surface area contributed by atoms with E-state index in [1.54, 1.807) is 0 Å². The Hall–Kier alpha value is -3.25. The first-order valence-corrected chi connectivity index (χ1v) is 12.7. The number of para-hydroxylation sites is 1. The molecule has 34 heavy (non-hydrogen) atoms. The maximum atomic E-state index is 13.0. The normalized spacial score (nSPS) is 14.1. The number of piperidine rings is 1. The van der Waals surface area contributed by atoms with E-state index in [1.807, 2.05) is 40.6 Å². The van der Waals surface area contributed by atoms with E-state index in [0.717, 1.165) is 60.6 Å². The van der Waals surface area contributed by atoms with Gasteiger partial charge >= 0.3 is 0 Å². The number of rotatable bonds is 8. The van der Waals surface area contributed by atoms with Gasteiger partial charge in [-0.25, -0.2) is 4.98 Å². The summed E-state index contributed by atoms with van der Waals surface area (Å²) in [7, 11) is 0. The van der Waals surface area contributed by atoms with Gasteiger partial charge in [0.25, 0.3) is 5.91 Å². The molecule has 4 rings (SSSR count). The summed E-state index contributed by atoms with van der Waals surface area (Å²) in [6.07, 6.45) is 5.96. The van der Waals surface area contributed by atoms with Gasteiger partial charge in [0, 0.05) is 42.1 Å². The molecule has 1 aliphatic heterocycles. The van der Waals surface area contributed by atoms with Gasteiger partial charge in [0.15, 0.2) is 0 Å². The van der Waals surface area contributed by atoms with Crippen molar-refractivity contribution in [1.82, 2.24) is 9.88 Å². The summed E-state index contributed by atoms with van der Waals surface area (Å²) in [6, 6.07) is 16.1. The van der Waals surface area contributed by atoms with Crippen molar-refractivity contribution in [1.29, 1.82) is 0 Å². The third-order valence-electron chi connectivity index (χ3n) is 6.29. The smallest absolute Gasteiger partial charge is 0.275 e. The Labute approximate surface area is 205 Å². The highest BCUT2D eigenvalue weighted by Crippen LogP contribution is 2.32. The summed E-state index contributed by atoms with van der Waals surface area (Å²) in [4.78, 5) is 32.0. The second-order valence-electron chi connectivity index (χ2n) is 8.77. The minimum atomic E-state index is -0.197. The minimum absolute atomic E-state index is 0.197. The van der Waals surface area contributed by atoms with Gasteiger partial charge in [-0.3, -0.25) is 9.59 Å². The number of unbranched alkanes of at least 4 members (excludes halogenated alkanes) is 1. The second-order valence-corrected chi connectivity index (χ2v) is 9.66. The summed E-state index contributed by atoms with van der Waals surface area (Å²) in [5, 5.41) is 5.87. The molecule has 0 spiro atoms. The van der Waals surface area contributed by atoms with E-state index in [0.29, 0.717) is 18.0 Å². The van der Waals surface area contributed by atoms with Crippen LogP contribution < -0.4 is 5.32 Å². The number of benzene rings is 2. The van der Waals surface area contributed by atoms with Crippen LogP contribution in [0.3, 0.4) is 0 Å². The van der Waals surface area contributed by atoms with Crippen molar-refractivity contribution in [2.45, 2.75) is 44.9 Å². The van der Waals surface area contributed by atoms with E-state index in [1.165, 1.54) is 16.9 Å². The Kier molecular flexibility index (Phi) is 7.91. The van der Waals surface area contributed by atoms with Crippen LogP contribution >= 0.6 is 11.3 Å². The van der Waals surface area contributed by atoms with Gasteiger partial charge < -0.3 is 10.2 Å². The standard InChI is InChI=1S/C28H31N3O2S/c1-3-4-5-10-26(32)31-17-15-22(16-18-31)28-30-25(19-34-28)27(33)29-24-9-7-6-8-23(24)21-13-11-20(2)12-14-21/h3,6-9,11-14,19,22H,1,4-5,10,15-18H2,2H3,(H,29,33). The Morgan fingerprint density at radius 1 is 1.15 bits per heavy atom. The average molecular weight is 474 g/mol. The van der Waals surface area contributed by atoms with Crippen LogP contribution in [0.5, 0.6) is 0 Å². The van der Waals surface area contributed by atoms with Gasteiger partial charge in [-0.05, 0) is 44.2 Å². The molecule has 1 saturated heterocycles. The highest BCUT2D eigenvalue weighted by atomic mass is 32.1. The number of thiazole rings is 1.